The number of nitrogens with one attached hydrogen (secondary N) is 1. The molecule has 0 aromatic carbocycles. The smallest absolute Gasteiger partial charge is 0.264 e. The molecule has 2 amide bonds. The predicted molar refractivity (Wildman–Crippen MR) is 106 cm³/mol. The summed E-state index contributed by atoms with van der Waals surface area (Å²) in [6.07, 6.45) is 1.75. The summed E-state index contributed by atoms with van der Waals surface area (Å²) >= 11 is 4.26. The van der Waals surface area contributed by atoms with Crippen LogP contribution in [0.25, 0.3) is 0 Å². The highest BCUT2D eigenvalue weighted by Gasteiger charge is 2.25. The maximum Gasteiger partial charge on any atom is 0.264 e. The Kier molecular flexibility index (Phi) is 6.64. The molecule has 1 fully saturated rings. The van der Waals surface area contributed by atoms with Crippen LogP contribution in [0.1, 0.15) is 9.67 Å². The summed E-state index contributed by atoms with van der Waals surface area (Å²) in [5.74, 6) is 0.443. The van der Waals surface area contributed by atoms with E-state index in [4.69, 9.17) is 0 Å². The fourth-order valence-corrected chi connectivity index (χ4v) is 4.78. The molecule has 0 spiro atoms. The van der Waals surface area contributed by atoms with E-state index >= 15 is 0 Å². The average molecular weight is 410 g/mol. The number of rotatable bonds is 7. The third-order valence-electron chi connectivity index (χ3n) is 3.77. The summed E-state index contributed by atoms with van der Waals surface area (Å²) in [6, 6.07) is 3.71. The second-order valence-electron chi connectivity index (χ2n) is 5.48. The van der Waals surface area contributed by atoms with Crippen LogP contribution in [0, 0.1) is 0 Å². The summed E-state index contributed by atoms with van der Waals surface area (Å²) in [6.45, 7) is 6.55. The van der Waals surface area contributed by atoms with Crippen molar-refractivity contribution in [2.45, 2.75) is 4.34 Å². The standard InChI is InChI=1S/C16H19N5O2S3/c1-2-5-17-15-18-19-16(26-15)25-11-13(22)20-6-8-21(9-7-20)14(23)12-4-3-10-24-12/h2-4,10H,1,5-9,11H2,(H,17,18). The first-order valence-electron chi connectivity index (χ1n) is 8.09. The summed E-state index contributed by atoms with van der Waals surface area (Å²) in [4.78, 5) is 29.1. The Balaban J connectivity index is 1.43. The SMILES string of the molecule is C=CCNc1nnc(SCC(=O)N2CCN(C(=O)c3cccs3)CC2)s1. The zero-order valence-corrected chi connectivity index (χ0v) is 16.5. The van der Waals surface area contributed by atoms with Crippen LogP contribution in [0.15, 0.2) is 34.5 Å². The van der Waals surface area contributed by atoms with Crippen molar-refractivity contribution in [2.75, 3.05) is 43.8 Å². The molecule has 26 heavy (non-hydrogen) atoms. The topological polar surface area (TPSA) is 78.4 Å². The number of carbonyl (C=O) groups excluding carboxylic acids is 2. The van der Waals surface area contributed by atoms with Gasteiger partial charge in [0.2, 0.25) is 11.0 Å². The summed E-state index contributed by atoms with van der Waals surface area (Å²) in [7, 11) is 0. The molecule has 0 atom stereocenters. The highest BCUT2D eigenvalue weighted by Crippen LogP contribution is 2.25. The lowest BCUT2D eigenvalue weighted by Crippen LogP contribution is -2.50. The minimum absolute atomic E-state index is 0.0508. The van der Waals surface area contributed by atoms with Crippen molar-refractivity contribution in [3.63, 3.8) is 0 Å². The highest BCUT2D eigenvalue weighted by molar-refractivity contribution is 8.01. The lowest BCUT2D eigenvalue weighted by molar-refractivity contribution is -0.129. The Hall–Kier alpha value is -1.91. The van der Waals surface area contributed by atoms with Crippen molar-refractivity contribution in [3.05, 3.63) is 35.0 Å². The maximum atomic E-state index is 12.4. The van der Waals surface area contributed by atoms with Crippen molar-refractivity contribution in [2.24, 2.45) is 0 Å². The van der Waals surface area contributed by atoms with Gasteiger partial charge in [-0.15, -0.1) is 28.1 Å². The number of piperazine rings is 1. The Morgan fingerprint density at radius 2 is 2.04 bits per heavy atom. The van der Waals surface area contributed by atoms with Gasteiger partial charge in [0.15, 0.2) is 4.34 Å². The van der Waals surface area contributed by atoms with Crippen molar-refractivity contribution < 1.29 is 9.59 Å². The van der Waals surface area contributed by atoms with Crippen molar-refractivity contribution in [1.82, 2.24) is 20.0 Å². The van der Waals surface area contributed by atoms with E-state index in [0.717, 1.165) is 14.3 Å². The van der Waals surface area contributed by atoms with Crippen molar-refractivity contribution in [1.29, 1.82) is 0 Å². The zero-order chi connectivity index (χ0) is 18.4. The molecule has 0 aliphatic carbocycles. The number of aromatic nitrogens is 2. The third kappa shape index (κ3) is 4.83. The van der Waals surface area contributed by atoms with Crippen LogP contribution in [-0.4, -0.2) is 70.3 Å². The van der Waals surface area contributed by atoms with Gasteiger partial charge in [-0.25, -0.2) is 0 Å². The fourth-order valence-electron chi connectivity index (χ4n) is 2.43. The lowest BCUT2D eigenvalue weighted by atomic mass is 10.3. The average Bonchev–Trinajstić information content (AvgIpc) is 3.36. The van der Waals surface area contributed by atoms with E-state index in [-0.39, 0.29) is 11.8 Å². The normalized spacial score (nSPS) is 14.3. The minimum Gasteiger partial charge on any atom is -0.357 e. The number of thiophene rings is 1. The first kappa shape index (κ1) is 18.9. The van der Waals surface area contributed by atoms with Crippen LogP contribution in [0.3, 0.4) is 0 Å². The lowest BCUT2D eigenvalue weighted by Gasteiger charge is -2.34. The van der Waals surface area contributed by atoms with Gasteiger partial charge >= 0.3 is 0 Å². The van der Waals surface area contributed by atoms with Gasteiger partial charge in [-0.05, 0) is 11.4 Å². The monoisotopic (exact) mass is 409 g/mol. The second-order valence-corrected chi connectivity index (χ2v) is 8.63. The van der Waals surface area contributed by atoms with E-state index < -0.39 is 0 Å². The molecule has 1 N–H and O–H groups in total. The van der Waals surface area contributed by atoms with Gasteiger partial charge in [0.1, 0.15) is 0 Å². The van der Waals surface area contributed by atoms with Gasteiger partial charge in [0.25, 0.3) is 5.91 Å². The number of hydrogen-bond donors (Lipinski definition) is 1. The van der Waals surface area contributed by atoms with E-state index in [2.05, 4.69) is 22.1 Å². The van der Waals surface area contributed by atoms with Crippen molar-refractivity contribution in [3.8, 4) is 0 Å². The molecule has 2 aromatic rings. The molecule has 0 unspecified atom stereocenters. The van der Waals surface area contributed by atoms with E-state index in [9.17, 15) is 9.59 Å². The fraction of sp³-hybridized carbons (Fsp3) is 0.375. The Morgan fingerprint density at radius 1 is 1.27 bits per heavy atom. The first-order chi connectivity index (χ1) is 12.7. The number of nitrogens with zero attached hydrogens (tertiary/aromatic N) is 4. The van der Waals surface area contributed by atoms with Crippen LogP contribution >= 0.6 is 34.4 Å². The molecular weight excluding hydrogens is 390 g/mol. The molecule has 0 radical (unpaired) electrons. The molecular formula is C16H19N5O2S3. The van der Waals surface area contributed by atoms with Gasteiger partial charge in [-0.3, -0.25) is 9.59 Å². The molecule has 138 valence electrons. The number of anilines is 1. The first-order valence-corrected chi connectivity index (χ1v) is 10.8. The molecule has 3 heterocycles. The number of amides is 2. The van der Waals surface area contributed by atoms with E-state index in [0.29, 0.717) is 38.5 Å². The number of carbonyl (C=O) groups is 2. The molecule has 0 bridgehead atoms. The number of thioether (sulfide) groups is 1. The predicted octanol–water partition coefficient (Wildman–Crippen LogP) is 2.27. The van der Waals surface area contributed by atoms with E-state index in [1.165, 1.54) is 34.4 Å². The van der Waals surface area contributed by atoms with Crippen LogP contribution in [0.2, 0.25) is 0 Å². The van der Waals surface area contributed by atoms with Gasteiger partial charge in [0, 0.05) is 32.7 Å². The van der Waals surface area contributed by atoms with Crippen LogP contribution in [-0.2, 0) is 4.79 Å². The zero-order valence-electron chi connectivity index (χ0n) is 14.1. The maximum absolute atomic E-state index is 12.4. The summed E-state index contributed by atoms with van der Waals surface area (Å²) < 4.78 is 0.761. The van der Waals surface area contributed by atoms with Gasteiger partial charge < -0.3 is 15.1 Å². The Labute approximate surface area is 164 Å². The Bertz CT molecular complexity index is 754. The molecule has 0 saturated carbocycles. The van der Waals surface area contributed by atoms with Crippen molar-refractivity contribution >= 4 is 51.4 Å². The van der Waals surface area contributed by atoms with Gasteiger partial charge in [-0.2, -0.15) is 0 Å². The third-order valence-corrected chi connectivity index (χ3v) is 6.63. The largest absolute Gasteiger partial charge is 0.357 e. The van der Waals surface area contributed by atoms with Crippen LogP contribution in [0.4, 0.5) is 5.13 Å². The molecule has 1 aliphatic rings. The van der Waals surface area contributed by atoms with E-state index in [1.807, 2.05) is 27.3 Å². The van der Waals surface area contributed by atoms with Crippen LogP contribution < -0.4 is 5.32 Å². The molecule has 10 heteroatoms. The highest BCUT2D eigenvalue weighted by atomic mass is 32.2. The molecule has 1 aliphatic heterocycles. The quantitative estimate of drug-likeness (QED) is 0.558. The van der Waals surface area contributed by atoms with Gasteiger partial charge in [0.05, 0.1) is 10.6 Å². The summed E-state index contributed by atoms with van der Waals surface area (Å²) in [5.41, 5.74) is 0. The molecule has 2 aromatic heterocycles. The van der Waals surface area contributed by atoms with Crippen LogP contribution in [0.5, 0.6) is 0 Å². The van der Waals surface area contributed by atoms with Gasteiger partial charge in [-0.1, -0.05) is 35.2 Å². The van der Waals surface area contributed by atoms with E-state index in [1.54, 1.807) is 6.08 Å². The summed E-state index contributed by atoms with van der Waals surface area (Å²) in [5, 5.41) is 13.8. The minimum atomic E-state index is 0.0508. The number of hydrogen-bond acceptors (Lipinski definition) is 8. The second kappa shape index (κ2) is 9.15. The molecule has 3 rings (SSSR count). The Morgan fingerprint density at radius 3 is 2.73 bits per heavy atom. The molecule has 1 saturated heterocycles. The molecule has 7 nitrogen and oxygen atoms in total.